The molecule has 0 aliphatic heterocycles. The number of nitrogens with one attached hydrogen (secondary N) is 1. The number of nitrogens with zero attached hydrogens (tertiary/aromatic N) is 1. The summed E-state index contributed by atoms with van der Waals surface area (Å²) in [7, 11) is 1.41. The first-order chi connectivity index (χ1) is 8.39. The fourth-order valence-corrected chi connectivity index (χ4v) is 3.06. The molecule has 0 radical (unpaired) electrons. The summed E-state index contributed by atoms with van der Waals surface area (Å²) in [5.74, 6) is -0.350. The van der Waals surface area contributed by atoms with Crippen molar-refractivity contribution in [2.24, 2.45) is 11.3 Å². The van der Waals surface area contributed by atoms with E-state index in [1.807, 2.05) is 13.8 Å². The third-order valence-corrected chi connectivity index (χ3v) is 4.02. The Morgan fingerprint density at radius 2 is 2.33 bits per heavy atom. The number of carbonyl (C=O) groups excluding carboxylic acids is 1. The minimum atomic E-state index is -0.926. The number of hydrogen-bond acceptors (Lipinski definition) is 4. The Hall–Kier alpha value is -1.36. The molecule has 100 valence electrons. The average Bonchev–Trinajstić information content (AvgIpc) is 2.81. The van der Waals surface area contributed by atoms with Gasteiger partial charge in [-0.3, -0.25) is 4.79 Å². The molecule has 1 aliphatic rings. The molecule has 1 fully saturated rings. The smallest absolute Gasteiger partial charge is 0.309 e. The molecule has 2 unspecified atom stereocenters. The first-order valence-electron chi connectivity index (χ1n) is 6.18. The summed E-state index contributed by atoms with van der Waals surface area (Å²) in [6.45, 7) is 3.99. The second kappa shape index (κ2) is 4.39. The van der Waals surface area contributed by atoms with Gasteiger partial charge in [0.05, 0.1) is 31.2 Å². The van der Waals surface area contributed by atoms with Crippen LogP contribution in [0, 0.1) is 11.3 Å². The van der Waals surface area contributed by atoms with Crippen LogP contribution in [0.4, 0.5) is 0 Å². The van der Waals surface area contributed by atoms with Crippen LogP contribution in [0.25, 0.3) is 0 Å². The first kappa shape index (κ1) is 13.1. The van der Waals surface area contributed by atoms with Crippen molar-refractivity contribution in [1.82, 2.24) is 9.97 Å². The lowest BCUT2D eigenvalue weighted by atomic mass is 9.62. The SMILES string of the molecule is COC(=O)C1CCC(O)(c2cnc[nH]2)CC1(C)C. The van der Waals surface area contributed by atoms with E-state index in [1.54, 1.807) is 12.5 Å². The maximum absolute atomic E-state index is 11.8. The van der Waals surface area contributed by atoms with Crippen molar-refractivity contribution >= 4 is 5.97 Å². The van der Waals surface area contributed by atoms with Crippen LogP contribution in [0.2, 0.25) is 0 Å². The fraction of sp³-hybridized carbons (Fsp3) is 0.692. The topological polar surface area (TPSA) is 75.2 Å². The minimum Gasteiger partial charge on any atom is -0.469 e. The zero-order chi connectivity index (χ0) is 13.4. The Kier molecular flexibility index (Phi) is 3.19. The van der Waals surface area contributed by atoms with Gasteiger partial charge in [-0.2, -0.15) is 0 Å². The van der Waals surface area contributed by atoms with Crippen LogP contribution < -0.4 is 0 Å². The van der Waals surface area contributed by atoms with Gasteiger partial charge in [0.2, 0.25) is 0 Å². The predicted molar refractivity (Wildman–Crippen MR) is 65.6 cm³/mol. The molecular weight excluding hydrogens is 232 g/mol. The van der Waals surface area contributed by atoms with Crippen LogP contribution in [-0.4, -0.2) is 28.2 Å². The highest BCUT2D eigenvalue weighted by Crippen LogP contribution is 2.49. The van der Waals surface area contributed by atoms with Crippen molar-refractivity contribution in [2.45, 2.75) is 38.7 Å². The minimum absolute atomic E-state index is 0.161. The van der Waals surface area contributed by atoms with E-state index in [0.717, 1.165) is 5.69 Å². The summed E-state index contributed by atoms with van der Waals surface area (Å²) in [4.78, 5) is 18.7. The molecule has 2 N–H and O–H groups in total. The summed E-state index contributed by atoms with van der Waals surface area (Å²) in [5, 5.41) is 10.7. The van der Waals surface area contributed by atoms with E-state index in [4.69, 9.17) is 4.74 Å². The number of methoxy groups -OCH3 is 1. The lowest BCUT2D eigenvalue weighted by molar-refractivity contribution is -0.158. The summed E-state index contributed by atoms with van der Waals surface area (Å²) < 4.78 is 4.84. The largest absolute Gasteiger partial charge is 0.469 e. The molecule has 18 heavy (non-hydrogen) atoms. The number of esters is 1. The van der Waals surface area contributed by atoms with Crippen LogP contribution >= 0.6 is 0 Å². The van der Waals surface area contributed by atoms with Crippen molar-refractivity contribution in [2.75, 3.05) is 7.11 Å². The van der Waals surface area contributed by atoms with E-state index in [2.05, 4.69) is 9.97 Å². The van der Waals surface area contributed by atoms with E-state index < -0.39 is 5.60 Å². The van der Waals surface area contributed by atoms with Crippen LogP contribution in [0.1, 0.15) is 38.8 Å². The van der Waals surface area contributed by atoms with Crippen molar-refractivity contribution in [3.63, 3.8) is 0 Å². The molecular formula is C13H20N2O3. The third kappa shape index (κ3) is 2.14. The predicted octanol–water partition coefficient (Wildman–Crippen LogP) is 1.60. The normalized spacial score (nSPS) is 31.0. The highest BCUT2D eigenvalue weighted by Gasteiger charge is 2.48. The summed E-state index contributed by atoms with van der Waals surface area (Å²) in [6, 6.07) is 0. The van der Waals surface area contributed by atoms with E-state index >= 15 is 0 Å². The van der Waals surface area contributed by atoms with Crippen molar-refractivity contribution in [1.29, 1.82) is 0 Å². The Morgan fingerprint density at radius 1 is 1.61 bits per heavy atom. The molecule has 0 spiro atoms. The number of aromatic nitrogens is 2. The number of aromatic amines is 1. The second-order valence-corrected chi connectivity index (χ2v) is 5.78. The molecule has 0 aromatic carbocycles. The fourth-order valence-electron chi connectivity index (χ4n) is 3.06. The molecule has 5 heteroatoms. The molecule has 1 saturated carbocycles. The number of ether oxygens (including phenoxy) is 1. The number of hydrogen-bond donors (Lipinski definition) is 2. The monoisotopic (exact) mass is 252 g/mol. The number of carbonyl (C=O) groups is 1. The first-order valence-corrected chi connectivity index (χ1v) is 6.18. The van der Waals surface area contributed by atoms with E-state index in [-0.39, 0.29) is 17.3 Å². The molecule has 1 heterocycles. The molecule has 0 amide bonds. The van der Waals surface area contributed by atoms with E-state index in [1.165, 1.54) is 7.11 Å². The molecule has 2 atom stereocenters. The molecule has 1 aromatic heterocycles. The summed E-state index contributed by atoms with van der Waals surface area (Å²) in [5.41, 5.74) is -0.505. The highest BCUT2D eigenvalue weighted by molar-refractivity contribution is 5.73. The number of H-pyrrole nitrogens is 1. The quantitative estimate of drug-likeness (QED) is 0.784. The Balaban J connectivity index is 2.22. The van der Waals surface area contributed by atoms with Gasteiger partial charge in [-0.05, 0) is 24.7 Å². The molecule has 1 aliphatic carbocycles. The van der Waals surface area contributed by atoms with Gasteiger partial charge in [-0.25, -0.2) is 4.98 Å². The molecule has 5 nitrogen and oxygen atoms in total. The average molecular weight is 252 g/mol. The van der Waals surface area contributed by atoms with E-state index in [0.29, 0.717) is 19.3 Å². The van der Waals surface area contributed by atoms with Crippen molar-refractivity contribution < 1.29 is 14.6 Å². The molecule has 2 rings (SSSR count). The number of rotatable bonds is 2. The zero-order valence-corrected chi connectivity index (χ0v) is 11.1. The molecule has 0 bridgehead atoms. The van der Waals surface area contributed by atoms with Crippen molar-refractivity contribution in [3.05, 3.63) is 18.2 Å². The van der Waals surface area contributed by atoms with Crippen LogP contribution in [-0.2, 0) is 15.1 Å². The van der Waals surface area contributed by atoms with Gasteiger partial charge in [0, 0.05) is 0 Å². The number of aliphatic hydroxyl groups is 1. The van der Waals surface area contributed by atoms with Gasteiger partial charge in [-0.1, -0.05) is 13.8 Å². The van der Waals surface area contributed by atoms with Gasteiger partial charge in [-0.15, -0.1) is 0 Å². The van der Waals surface area contributed by atoms with Crippen LogP contribution in [0.3, 0.4) is 0 Å². The van der Waals surface area contributed by atoms with Gasteiger partial charge in [0.15, 0.2) is 0 Å². The Morgan fingerprint density at radius 3 is 2.83 bits per heavy atom. The molecule has 0 saturated heterocycles. The van der Waals surface area contributed by atoms with Crippen LogP contribution in [0.15, 0.2) is 12.5 Å². The van der Waals surface area contributed by atoms with E-state index in [9.17, 15) is 9.90 Å². The van der Waals surface area contributed by atoms with Crippen LogP contribution in [0.5, 0.6) is 0 Å². The Labute approximate surface area is 107 Å². The standard InChI is InChI=1S/C13H20N2O3/c1-12(2)7-13(17,10-6-14-8-15-10)5-4-9(12)11(16)18-3/h6,8-9,17H,4-5,7H2,1-3H3,(H,14,15). The zero-order valence-electron chi connectivity index (χ0n) is 11.1. The van der Waals surface area contributed by atoms with Gasteiger partial charge in [0.1, 0.15) is 5.60 Å². The summed E-state index contributed by atoms with van der Waals surface area (Å²) >= 11 is 0. The Bertz CT molecular complexity index is 427. The highest BCUT2D eigenvalue weighted by atomic mass is 16.5. The summed E-state index contributed by atoms with van der Waals surface area (Å²) in [6.07, 6.45) is 4.89. The maximum Gasteiger partial charge on any atom is 0.309 e. The van der Waals surface area contributed by atoms with Gasteiger partial charge >= 0.3 is 5.97 Å². The number of imidazole rings is 1. The van der Waals surface area contributed by atoms with Crippen molar-refractivity contribution in [3.8, 4) is 0 Å². The molecule has 1 aromatic rings. The lowest BCUT2D eigenvalue weighted by Crippen LogP contribution is -2.45. The second-order valence-electron chi connectivity index (χ2n) is 5.78. The lowest BCUT2D eigenvalue weighted by Gasteiger charge is -2.45. The maximum atomic E-state index is 11.8. The third-order valence-electron chi connectivity index (χ3n) is 4.02. The van der Waals surface area contributed by atoms with Gasteiger partial charge < -0.3 is 14.8 Å². The van der Waals surface area contributed by atoms with Gasteiger partial charge in [0.25, 0.3) is 0 Å².